The molecule has 0 unspecified atom stereocenters. The third kappa shape index (κ3) is 8.41. The van der Waals surface area contributed by atoms with Crippen LogP contribution in [-0.4, -0.2) is 25.6 Å². The molecule has 0 bridgehead atoms. The van der Waals surface area contributed by atoms with Crippen LogP contribution in [0.3, 0.4) is 0 Å². The first-order chi connectivity index (χ1) is 7.33. The van der Waals surface area contributed by atoms with Gasteiger partial charge in [0.1, 0.15) is 0 Å². The fraction of sp³-hybridized carbons (Fsp3) is 1.00. The molecule has 0 radical (unpaired) electrons. The summed E-state index contributed by atoms with van der Waals surface area (Å²) in [6.07, 6.45) is -0.233. The van der Waals surface area contributed by atoms with Gasteiger partial charge in [0, 0.05) is 0 Å². The fourth-order valence-electron chi connectivity index (χ4n) is 0.827. The second kappa shape index (κ2) is 7.55. The second-order valence-electron chi connectivity index (χ2n) is 2.68. The number of halogens is 3. The Kier molecular flexibility index (Phi) is 7.67. The molecule has 0 atom stereocenters. The van der Waals surface area contributed by atoms with Gasteiger partial charge in [-0.1, -0.05) is 0 Å². The molecular formula is C7H16F3O4PS. The SMILES string of the molecule is CCOP(=O)(OCC)OCCCS(F)(F)F. The van der Waals surface area contributed by atoms with Crippen molar-refractivity contribution in [2.24, 2.45) is 0 Å². The Morgan fingerprint density at radius 2 is 1.56 bits per heavy atom. The van der Waals surface area contributed by atoms with E-state index < -0.39 is 24.8 Å². The lowest BCUT2D eigenvalue weighted by Crippen LogP contribution is -2.03. The Hall–Kier alpha value is 0.250. The minimum absolute atomic E-state index is 0.113. The largest absolute Gasteiger partial charge is 0.474 e. The van der Waals surface area contributed by atoms with E-state index in [0.717, 1.165) is 0 Å². The predicted molar refractivity (Wildman–Crippen MR) is 57.2 cm³/mol. The molecule has 16 heavy (non-hydrogen) atoms. The summed E-state index contributed by atoms with van der Waals surface area (Å²) in [5.74, 6) is -0.898. The zero-order chi connectivity index (χ0) is 12.7. The average Bonchev–Trinajstić information content (AvgIpc) is 2.12. The molecule has 4 nitrogen and oxygen atoms in total. The van der Waals surface area contributed by atoms with Gasteiger partial charge in [-0.15, -0.1) is 11.7 Å². The van der Waals surface area contributed by atoms with Crippen LogP contribution >= 0.6 is 19.0 Å². The first-order valence-electron chi connectivity index (χ1n) is 4.76. The van der Waals surface area contributed by atoms with Gasteiger partial charge in [-0.2, -0.15) is 0 Å². The van der Waals surface area contributed by atoms with Crippen molar-refractivity contribution in [2.45, 2.75) is 20.3 Å². The second-order valence-corrected chi connectivity index (χ2v) is 5.76. The number of rotatable bonds is 9. The van der Waals surface area contributed by atoms with Crippen molar-refractivity contribution >= 4 is 19.0 Å². The molecular weight excluding hydrogens is 268 g/mol. The van der Waals surface area contributed by atoms with E-state index in [1.54, 1.807) is 13.8 Å². The van der Waals surface area contributed by atoms with Crippen molar-refractivity contribution in [1.29, 1.82) is 0 Å². The number of phosphoric acid groups is 1. The summed E-state index contributed by atoms with van der Waals surface area (Å²) in [5, 5.41) is 0. The van der Waals surface area contributed by atoms with Crippen LogP contribution in [0.5, 0.6) is 0 Å². The maximum absolute atomic E-state index is 11.9. The maximum Gasteiger partial charge on any atom is 0.474 e. The summed E-state index contributed by atoms with van der Waals surface area (Å²) in [6.45, 7) is 3.12. The lowest BCUT2D eigenvalue weighted by Gasteiger charge is -2.16. The topological polar surface area (TPSA) is 44.8 Å². The molecule has 0 amide bonds. The van der Waals surface area contributed by atoms with Crippen molar-refractivity contribution in [3.8, 4) is 0 Å². The Morgan fingerprint density at radius 3 is 1.94 bits per heavy atom. The fourth-order valence-corrected chi connectivity index (χ4v) is 2.48. The van der Waals surface area contributed by atoms with E-state index in [0.29, 0.717) is 0 Å². The van der Waals surface area contributed by atoms with Gasteiger partial charge >= 0.3 is 7.82 Å². The highest BCUT2D eigenvalue weighted by Crippen LogP contribution is 2.54. The average molecular weight is 284 g/mol. The molecule has 100 valence electrons. The molecule has 0 aliphatic carbocycles. The summed E-state index contributed by atoms with van der Waals surface area (Å²) in [4.78, 5) is 0. The quantitative estimate of drug-likeness (QED) is 0.473. The standard InChI is InChI=1S/C7H16F3O4PS/c1-3-12-15(11,13-4-2)14-6-5-7-16(8,9)10/h3-7H2,1-2H3. The van der Waals surface area contributed by atoms with Gasteiger partial charge < -0.3 is 0 Å². The molecule has 0 saturated heterocycles. The van der Waals surface area contributed by atoms with E-state index in [1.807, 2.05) is 0 Å². The van der Waals surface area contributed by atoms with E-state index >= 15 is 0 Å². The van der Waals surface area contributed by atoms with Crippen molar-refractivity contribution < 1.29 is 29.8 Å². The van der Waals surface area contributed by atoms with E-state index in [-0.39, 0.29) is 26.2 Å². The maximum atomic E-state index is 11.9. The third-order valence-electron chi connectivity index (χ3n) is 1.34. The summed E-state index contributed by atoms with van der Waals surface area (Å²) in [7, 11) is -3.66. The lowest BCUT2D eigenvalue weighted by molar-refractivity contribution is 0.122. The Balaban J connectivity index is 3.90. The Bertz CT molecular complexity index is 226. The highest BCUT2D eigenvalue weighted by molar-refractivity contribution is 8.20. The van der Waals surface area contributed by atoms with Crippen LogP contribution in [0, 0.1) is 0 Å². The van der Waals surface area contributed by atoms with Crippen LogP contribution in [-0.2, 0) is 18.1 Å². The number of hydrogen-bond acceptors (Lipinski definition) is 4. The van der Waals surface area contributed by atoms with Gasteiger partial charge in [-0.05, 0) is 20.3 Å². The zero-order valence-corrected chi connectivity index (χ0v) is 10.9. The van der Waals surface area contributed by atoms with E-state index in [9.17, 15) is 16.2 Å². The molecule has 0 aromatic carbocycles. The van der Waals surface area contributed by atoms with Gasteiger partial charge in [0.15, 0.2) is 0 Å². The molecule has 0 N–H and O–H groups in total. The minimum atomic E-state index is -5.02. The van der Waals surface area contributed by atoms with Gasteiger partial charge in [-0.25, -0.2) is 4.57 Å². The van der Waals surface area contributed by atoms with Crippen molar-refractivity contribution in [3.05, 3.63) is 0 Å². The van der Waals surface area contributed by atoms with Crippen LogP contribution < -0.4 is 0 Å². The minimum Gasteiger partial charge on any atom is -0.287 e. The summed E-state index contributed by atoms with van der Waals surface area (Å²) >= 11 is -5.02. The van der Waals surface area contributed by atoms with Crippen LogP contribution in [0.2, 0.25) is 0 Å². The van der Waals surface area contributed by atoms with E-state index in [2.05, 4.69) is 0 Å². The predicted octanol–water partition coefficient (Wildman–Crippen LogP) is 4.03. The van der Waals surface area contributed by atoms with Crippen LogP contribution in [0.25, 0.3) is 0 Å². The molecule has 0 rings (SSSR count). The third-order valence-corrected chi connectivity index (χ3v) is 3.74. The zero-order valence-electron chi connectivity index (χ0n) is 9.16. The Morgan fingerprint density at radius 1 is 1.06 bits per heavy atom. The molecule has 0 spiro atoms. The first-order valence-corrected chi connectivity index (χ1v) is 7.73. The summed E-state index contributed by atoms with van der Waals surface area (Å²) < 4.78 is 61.4. The van der Waals surface area contributed by atoms with E-state index in [4.69, 9.17) is 13.6 Å². The van der Waals surface area contributed by atoms with Crippen LogP contribution in [0.4, 0.5) is 11.7 Å². The molecule has 0 aromatic heterocycles. The molecule has 0 fully saturated rings. The van der Waals surface area contributed by atoms with E-state index in [1.165, 1.54) is 0 Å². The van der Waals surface area contributed by atoms with Gasteiger partial charge in [0.2, 0.25) is 11.2 Å². The van der Waals surface area contributed by atoms with Gasteiger partial charge in [0.25, 0.3) is 0 Å². The van der Waals surface area contributed by atoms with Crippen molar-refractivity contribution in [2.75, 3.05) is 25.6 Å². The number of hydrogen-bond donors (Lipinski definition) is 0. The molecule has 0 heterocycles. The molecule has 0 saturated carbocycles. The molecule has 9 heteroatoms. The highest BCUT2D eigenvalue weighted by Gasteiger charge is 2.26. The summed E-state index contributed by atoms with van der Waals surface area (Å²) in [5.41, 5.74) is 0. The van der Waals surface area contributed by atoms with Crippen LogP contribution in [0.1, 0.15) is 20.3 Å². The molecule has 0 aliphatic heterocycles. The molecule has 0 aliphatic rings. The normalized spacial score (nSPS) is 14.1. The van der Waals surface area contributed by atoms with Crippen molar-refractivity contribution in [1.82, 2.24) is 0 Å². The monoisotopic (exact) mass is 284 g/mol. The van der Waals surface area contributed by atoms with Crippen LogP contribution in [0.15, 0.2) is 0 Å². The molecule has 0 aromatic rings. The van der Waals surface area contributed by atoms with Gasteiger partial charge in [-0.3, -0.25) is 13.6 Å². The smallest absolute Gasteiger partial charge is 0.287 e. The summed E-state index contributed by atoms with van der Waals surface area (Å²) in [6, 6.07) is 0. The Labute approximate surface area is 95.3 Å². The first kappa shape index (κ1) is 16.2. The highest BCUT2D eigenvalue weighted by atomic mass is 32.3. The lowest BCUT2D eigenvalue weighted by atomic mass is 10.5. The number of phosphoric ester groups is 1. The van der Waals surface area contributed by atoms with Gasteiger partial charge in [0.05, 0.1) is 25.6 Å². The van der Waals surface area contributed by atoms with Crippen molar-refractivity contribution in [3.63, 3.8) is 0 Å².